The number of aryl methyl sites for hydroxylation is 2. The van der Waals surface area contributed by atoms with Gasteiger partial charge in [0.1, 0.15) is 0 Å². The highest BCUT2D eigenvalue weighted by atomic mass is 32.2. The topological polar surface area (TPSA) is 78.2 Å². The third kappa shape index (κ3) is 9.45. The molecule has 2 N–H and O–H groups in total. The Bertz CT molecular complexity index is 1750. The van der Waals surface area contributed by atoms with Crippen LogP contribution in [0.1, 0.15) is 54.2 Å². The Morgan fingerprint density at radius 3 is 2.58 bits per heavy atom. The summed E-state index contributed by atoms with van der Waals surface area (Å²) in [5, 5.41) is 8.24. The van der Waals surface area contributed by atoms with E-state index in [1.807, 2.05) is 24.8 Å². The minimum atomic E-state index is -0.182. The smallest absolute Gasteiger partial charge is 0.252 e. The molecular formula is C39H49N6O2S+. The van der Waals surface area contributed by atoms with E-state index in [-0.39, 0.29) is 11.8 Å². The highest BCUT2D eigenvalue weighted by molar-refractivity contribution is 8.03. The highest BCUT2D eigenvalue weighted by Crippen LogP contribution is 2.45. The van der Waals surface area contributed by atoms with E-state index in [2.05, 4.69) is 127 Å². The molecule has 2 amide bonds. The average Bonchev–Trinajstić information content (AvgIpc) is 3.38. The van der Waals surface area contributed by atoms with Crippen LogP contribution >= 0.6 is 11.8 Å². The molecule has 1 aliphatic rings. The van der Waals surface area contributed by atoms with Crippen LogP contribution in [0.25, 0.3) is 17.0 Å². The highest BCUT2D eigenvalue weighted by Gasteiger charge is 2.22. The lowest BCUT2D eigenvalue weighted by Crippen LogP contribution is -2.42. The monoisotopic (exact) mass is 665 g/mol. The molecule has 5 rings (SSSR count). The number of rotatable bonds is 15. The number of pyridine rings is 2. The van der Waals surface area contributed by atoms with Crippen molar-refractivity contribution in [3.8, 4) is 0 Å². The summed E-state index contributed by atoms with van der Waals surface area (Å²) in [6, 6.07) is 23.1. The largest absolute Gasteiger partial charge is 0.459 e. The van der Waals surface area contributed by atoms with E-state index in [0.29, 0.717) is 31.0 Å². The molecule has 1 atom stereocenters. The number of quaternary nitrogens is 1. The first-order valence-corrected chi connectivity index (χ1v) is 17.7. The van der Waals surface area contributed by atoms with Crippen LogP contribution in [0.5, 0.6) is 0 Å². The summed E-state index contributed by atoms with van der Waals surface area (Å²) in [5.41, 5.74) is 5.13. The molecular weight excluding hydrogens is 617 g/mol. The zero-order chi connectivity index (χ0) is 34.1. The van der Waals surface area contributed by atoms with Gasteiger partial charge < -0.3 is 20.0 Å². The number of fused-ring (bicyclic) bond motifs is 2. The van der Waals surface area contributed by atoms with Crippen molar-refractivity contribution in [1.82, 2.24) is 15.6 Å². The number of amides is 2. The summed E-state index contributed by atoms with van der Waals surface area (Å²) in [5.74, 6) is 0.236. The molecule has 9 heteroatoms. The van der Waals surface area contributed by atoms with Gasteiger partial charge in [-0.25, -0.2) is 0 Å². The van der Waals surface area contributed by atoms with Gasteiger partial charge in [0.2, 0.25) is 11.4 Å². The fourth-order valence-electron chi connectivity index (χ4n) is 6.25. The van der Waals surface area contributed by atoms with Gasteiger partial charge in [-0.2, -0.15) is 4.57 Å². The maximum Gasteiger partial charge on any atom is 0.252 e. The summed E-state index contributed by atoms with van der Waals surface area (Å²) in [6.07, 6.45) is 9.43. The van der Waals surface area contributed by atoms with Gasteiger partial charge in [0, 0.05) is 69.6 Å². The molecule has 8 nitrogen and oxygen atoms in total. The lowest BCUT2D eigenvalue weighted by atomic mass is 10.0. The first-order valence-electron chi connectivity index (χ1n) is 16.9. The quantitative estimate of drug-likeness (QED) is 0.0670. The predicted octanol–water partition coefficient (Wildman–Crippen LogP) is 6.35. The number of para-hydroxylation sites is 2. The summed E-state index contributed by atoms with van der Waals surface area (Å²) in [7, 11) is 6.66. The number of carbonyl (C=O) groups is 2. The van der Waals surface area contributed by atoms with E-state index in [1.165, 1.54) is 32.1 Å². The molecule has 0 bridgehead atoms. The van der Waals surface area contributed by atoms with Crippen LogP contribution in [-0.2, 0) is 11.3 Å². The fraction of sp³-hybridized carbons (Fsp3) is 0.359. The Kier molecular flexibility index (Phi) is 11.9. The molecule has 1 unspecified atom stereocenters. The van der Waals surface area contributed by atoms with Gasteiger partial charge in [-0.1, -0.05) is 49.4 Å². The van der Waals surface area contributed by atoms with Gasteiger partial charge in [-0.3, -0.25) is 14.6 Å². The SMILES string of the molecule is Cc1ccc(C(=O)NCCNC(=O)CCCC(C)[CH-][N+](C)(C)CCC[n+]2ccc(/C=C3\Sc4ccccc4N3C)c3ccccc32)cn1. The van der Waals surface area contributed by atoms with Crippen molar-refractivity contribution in [3.63, 3.8) is 0 Å². The van der Waals surface area contributed by atoms with E-state index < -0.39 is 0 Å². The number of benzene rings is 2. The second kappa shape index (κ2) is 16.3. The van der Waals surface area contributed by atoms with Crippen molar-refractivity contribution in [2.45, 2.75) is 51.0 Å². The Labute approximate surface area is 289 Å². The van der Waals surface area contributed by atoms with Gasteiger partial charge in [0.15, 0.2) is 12.7 Å². The minimum Gasteiger partial charge on any atom is -0.459 e. The number of anilines is 1. The molecule has 0 radical (unpaired) electrons. The Morgan fingerprint density at radius 2 is 1.79 bits per heavy atom. The van der Waals surface area contributed by atoms with Crippen LogP contribution in [0.2, 0.25) is 0 Å². The molecule has 4 aromatic rings. The zero-order valence-electron chi connectivity index (χ0n) is 28.9. The van der Waals surface area contributed by atoms with E-state index in [9.17, 15) is 9.59 Å². The molecule has 0 saturated heterocycles. The summed E-state index contributed by atoms with van der Waals surface area (Å²) in [4.78, 5) is 32.2. The van der Waals surface area contributed by atoms with Gasteiger partial charge in [-0.15, -0.1) is 12.5 Å². The summed E-state index contributed by atoms with van der Waals surface area (Å²) in [6.45, 7) is 9.30. The van der Waals surface area contributed by atoms with Gasteiger partial charge >= 0.3 is 0 Å². The Balaban J connectivity index is 1.03. The molecule has 0 spiro atoms. The van der Waals surface area contributed by atoms with Crippen molar-refractivity contribution in [2.24, 2.45) is 5.92 Å². The van der Waals surface area contributed by atoms with Crippen molar-refractivity contribution in [1.29, 1.82) is 0 Å². The average molecular weight is 666 g/mol. The van der Waals surface area contributed by atoms with E-state index in [4.69, 9.17) is 0 Å². The second-order valence-corrected chi connectivity index (χ2v) is 14.3. The lowest BCUT2D eigenvalue weighted by Gasteiger charge is -2.42. The number of nitrogens with one attached hydrogen (secondary N) is 2. The first kappa shape index (κ1) is 35.1. The second-order valence-electron chi connectivity index (χ2n) is 13.3. The normalized spacial score (nSPS) is 14.3. The van der Waals surface area contributed by atoms with E-state index in [0.717, 1.165) is 42.5 Å². The molecule has 0 aliphatic carbocycles. The van der Waals surface area contributed by atoms with Crippen molar-refractivity contribution in [2.75, 3.05) is 45.7 Å². The fourth-order valence-corrected chi connectivity index (χ4v) is 7.35. The van der Waals surface area contributed by atoms with Crippen LogP contribution < -0.4 is 20.1 Å². The predicted molar refractivity (Wildman–Crippen MR) is 196 cm³/mol. The maximum absolute atomic E-state index is 12.3. The number of hydrogen-bond acceptors (Lipinski definition) is 5. The van der Waals surface area contributed by atoms with Crippen LogP contribution in [0.3, 0.4) is 0 Å². The lowest BCUT2D eigenvalue weighted by molar-refractivity contribution is -0.866. The maximum atomic E-state index is 12.3. The number of thioether (sulfide) groups is 1. The van der Waals surface area contributed by atoms with Crippen LogP contribution in [0.15, 0.2) is 89.0 Å². The Hall–Kier alpha value is -4.21. The van der Waals surface area contributed by atoms with Gasteiger partial charge in [-0.05, 0) is 55.3 Å². The molecule has 2 aromatic carbocycles. The van der Waals surface area contributed by atoms with Crippen LogP contribution in [-0.4, -0.2) is 62.1 Å². The molecule has 3 heterocycles. The van der Waals surface area contributed by atoms with E-state index >= 15 is 0 Å². The standard InChI is InChI=1S/C39H48N6O2S/c1-29(12-10-17-37(46)40-21-22-41-39(47)32-19-18-30(2)42-27-32)28-45(4,5)25-11-23-44-24-20-31(33-13-6-7-14-34(33)44)26-38-43(3)35-15-8-9-16-36(35)48-38/h6-9,13-16,18-20,24,26-29H,10-12,17,21-23,25H2,1-5H3,(H-,40,41,46,47)/p+1. The number of nitrogens with zero attached hydrogens (tertiary/aromatic N) is 4. The van der Waals surface area contributed by atoms with Crippen molar-refractivity contribution < 1.29 is 18.6 Å². The van der Waals surface area contributed by atoms with E-state index in [1.54, 1.807) is 12.3 Å². The molecule has 48 heavy (non-hydrogen) atoms. The van der Waals surface area contributed by atoms with Crippen molar-refractivity contribution in [3.05, 3.63) is 108 Å². The van der Waals surface area contributed by atoms with Crippen LogP contribution in [0.4, 0.5) is 5.69 Å². The van der Waals surface area contributed by atoms with Gasteiger partial charge in [0.25, 0.3) is 5.91 Å². The third-order valence-electron chi connectivity index (χ3n) is 8.77. The molecule has 2 aromatic heterocycles. The van der Waals surface area contributed by atoms with Gasteiger partial charge in [0.05, 0.1) is 34.6 Å². The molecule has 252 valence electrons. The van der Waals surface area contributed by atoms with Crippen molar-refractivity contribution >= 4 is 46.2 Å². The molecule has 0 saturated carbocycles. The zero-order valence-corrected chi connectivity index (χ0v) is 29.7. The summed E-state index contributed by atoms with van der Waals surface area (Å²) >= 11 is 1.82. The van der Waals surface area contributed by atoms with Crippen LogP contribution in [0, 0.1) is 19.4 Å². The Morgan fingerprint density at radius 1 is 1.02 bits per heavy atom. The number of carbonyl (C=O) groups excluding carboxylic acids is 2. The summed E-state index contributed by atoms with van der Waals surface area (Å²) < 4.78 is 3.21. The molecule has 1 aliphatic heterocycles. The number of aromatic nitrogens is 2. The minimum absolute atomic E-state index is 0.0211. The third-order valence-corrected chi connectivity index (χ3v) is 9.94. The molecule has 0 fully saturated rings. The number of hydrogen-bond donors (Lipinski definition) is 2. The first-order chi connectivity index (χ1) is 23.1.